The molecule has 4 saturated carbocycles. The number of fused-ring (bicyclic) bond motifs is 7. The molecule has 0 aromatic rings. The van der Waals surface area contributed by atoms with Crippen LogP contribution in [0, 0.1) is 50.2 Å². The molecule has 26 nitrogen and oxygen atoms in total. The maximum Gasteiger partial charge on any atom is 0.315 e. The van der Waals surface area contributed by atoms with Crippen LogP contribution in [0.5, 0.6) is 0 Å². The Hall–Kier alpha value is -1.75. The Morgan fingerprint density at radius 2 is 1.11 bits per heavy atom. The fourth-order valence-corrected chi connectivity index (χ4v) is 17.7. The molecule has 10 aliphatic rings. The van der Waals surface area contributed by atoms with Crippen molar-refractivity contribution in [1.82, 2.24) is 0 Å². The summed E-state index contributed by atoms with van der Waals surface area (Å²) in [5.41, 5.74) is -2.61. The minimum Gasteiger partial charge on any atom is -0.432 e. The smallest absolute Gasteiger partial charge is 0.315 e. The van der Waals surface area contributed by atoms with Gasteiger partial charge in [0.05, 0.1) is 55.8 Å². The largest absolute Gasteiger partial charge is 0.432 e. The average Bonchev–Trinajstić information content (AvgIpc) is 0.686. The molecule has 5 saturated heterocycles. The van der Waals surface area contributed by atoms with Crippen molar-refractivity contribution in [3.8, 4) is 0 Å². The molecule has 0 radical (unpaired) electrons. The van der Waals surface area contributed by atoms with E-state index in [1.807, 2.05) is 6.92 Å². The van der Waals surface area contributed by atoms with Crippen LogP contribution in [0.2, 0.25) is 0 Å². The summed E-state index contributed by atoms with van der Waals surface area (Å²) in [6.45, 7) is 15.8. The molecule has 0 bridgehead atoms. The number of esters is 1. The molecule has 15 N–H and O–H groups in total. The summed E-state index contributed by atoms with van der Waals surface area (Å²) in [5, 5.41) is 165. The van der Waals surface area contributed by atoms with E-state index in [1.165, 1.54) is 20.8 Å². The lowest BCUT2D eigenvalue weighted by Crippen LogP contribution is -2.69. The average molecular weight is 1220 g/mol. The van der Waals surface area contributed by atoms with E-state index < -0.39 is 200 Å². The van der Waals surface area contributed by atoms with Crippen LogP contribution in [0.3, 0.4) is 0 Å². The summed E-state index contributed by atoms with van der Waals surface area (Å²) in [6.07, 6.45) is -32.6. The normalized spacial score (nSPS) is 56.1. The topological polar surface area (TPSA) is 413 Å². The summed E-state index contributed by atoms with van der Waals surface area (Å²) in [5.74, 6) is -1.13. The fraction of sp³-hybridized carbons (Fsp3) is 0.949. The van der Waals surface area contributed by atoms with Crippen LogP contribution in [0.15, 0.2) is 11.6 Å². The van der Waals surface area contributed by atoms with E-state index in [9.17, 15) is 76.6 Å². The van der Waals surface area contributed by atoms with Crippen LogP contribution < -0.4 is 0 Å². The van der Waals surface area contributed by atoms with E-state index in [0.717, 1.165) is 12.0 Å². The van der Waals surface area contributed by atoms with Crippen LogP contribution in [0.4, 0.5) is 0 Å². The van der Waals surface area contributed by atoms with Gasteiger partial charge in [-0.25, -0.2) is 0 Å². The lowest BCUT2D eigenvalue weighted by molar-refractivity contribution is -0.383. The Balaban J connectivity index is 0.846. The molecule has 9 fully saturated rings. The van der Waals surface area contributed by atoms with Gasteiger partial charge in [0.15, 0.2) is 31.3 Å². The number of ether oxygens (including phenoxy) is 10. The summed E-state index contributed by atoms with van der Waals surface area (Å²) < 4.78 is 59.7. The van der Waals surface area contributed by atoms with Crippen molar-refractivity contribution in [3.63, 3.8) is 0 Å². The van der Waals surface area contributed by atoms with Gasteiger partial charge in [-0.15, -0.1) is 0 Å². The molecule has 5 aliphatic carbocycles. The van der Waals surface area contributed by atoms with Crippen molar-refractivity contribution in [2.75, 3.05) is 19.8 Å². The second-order valence-electron chi connectivity index (χ2n) is 28.6. The summed E-state index contributed by atoms with van der Waals surface area (Å²) >= 11 is 0. The third-order valence-corrected chi connectivity index (χ3v) is 23.1. The van der Waals surface area contributed by atoms with Crippen molar-refractivity contribution in [2.24, 2.45) is 50.2 Å². The zero-order valence-electron chi connectivity index (χ0n) is 50.0. The van der Waals surface area contributed by atoms with Crippen LogP contribution in [0.25, 0.3) is 0 Å². The van der Waals surface area contributed by atoms with Crippen LogP contribution >= 0.6 is 0 Å². The molecule has 0 aromatic carbocycles. The van der Waals surface area contributed by atoms with Crippen molar-refractivity contribution in [3.05, 3.63) is 11.6 Å². The second kappa shape index (κ2) is 24.1. The van der Waals surface area contributed by atoms with Crippen LogP contribution in [-0.2, 0) is 52.2 Å². The highest BCUT2D eigenvalue weighted by Gasteiger charge is 2.72. The van der Waals surface area contributed by atoms with Gasteiger partial charge < -0.3 is 124 Å². The Morgan fingerprint density at radius 1 is 0.541 bits per heavy atom. The Labute approximate surface area is 494 Å². The minimum absolute atomic E-state index is 0.0219. The molecule has 34 atom stereocenters. The first-order chi connectivity index (χ1) is 39.7. The highest BCUT2D eigenvalue weighted by molar-refractivity contribution is 5.79. The van der Waals surface area contributed by atoms with Crippen LogP contribution in [-0.4, -0.2) is 262 Å². The van der Waals surface area contributed by atoms with Crippen molar-refractivity contribution >= 4 is 5.97 Å². The van der Waals surface area contributed by atoms with E-state index in [2.05, 4.69) is 40.7 Å². The lowest BCUT2D eigenvalue weighted by Gasteiger charge is -2.72. The summed E-state index contributed by atoms with van der Waals surface area (Å²) in [4.78, 5) is 15.4. The van der Waals surface area contributed by atoms with E-state index in [4.69, 9.17) is 47.4 Å². The Bertz CT molecular complexity index is 2390. The molecule has 3 unspecified atom stereocenters. The molecule has 0 amide bonds. The molecular weight excluding hydrogens is 1120 g/mol. The third-order valence-electron chi connectivity index (χ3n) is 23.1. The predicted octanol–water partition coefficient (Wildman–Crippen LogP) is -2.55. The van der Waals surface area contributed by atoms with Gasteiger partial charge >= 0.3 is 5.97 Å². The van der Waals surface area contributed by atoms with Crippen molar-refractivity contribution in [1.29, 1.82) is 0 Å². The molecule has 26 heteroatoms. The summed E-state index contributed by atoms with van der Waals surface area (Å²) in [6, 6.07) is 0. The van der Waals surface area contributed by atoms with Crippen molar-refractivity contribution in [2.45, 2.75) is 280 Å². The number of rotatable bonds is 12. The molecule has 488 valence electrons. The molecular formula is C59H96O26. The first-order valence-corrected chi connectivity index (χ1v) is 30.6. The number of carbonyl (C=O) groups excluding carboxylic acids is 1. The molecule has 0 spiro atoms. The van der Waals surface area contributed by atoms with Gasteiger partial charge in [-0.2, -0.15) is 0 Å². The maximum absolute atomic E-state index is 15.4. The zero-order valence-corrected chi connectivity index (χ0v) is 50.0. The first kappa shape index (κ1) is 66.2. The number of aliphatic hydroxyl groups is 15. The zero-order chi connectivity index (χ0) is 62.2. The SMILES string of the molecule is C[C@@H]1O[C@@H](O[C@@H]2[C@@H](O)[C@H](O[C@@H]3[C@@H](O)[C@@H](O)[C@H](O[C@H]4[C@H](OC(=O)[C@]56CCC(C)(C)CC5C5=CCC7[C@@]8(C)C[C@H](O)[C@H](O[C@@H]9O[C@H](CO)[C@@H](O)[C@H](O)[C@H]9O)[C@@](C)(CO)C8CC[C@@]7(C)[C@]5(C)CC6)OC[C@H](O)[C@@H]4O)O[C@H]3C)O[C@H](C)[C@H]2O)[C@H](O)[C@H](O)[C@H]1O. The molecule has 85 heavy (non-hydrogen) atoms. The quantitative estimate of drug-likeness (QED) is 0.0544. The molecule has 5 heterocycles. The maximum atomic E-state index is 15.4. The van der Waals surface area contributed by atoms with Crippen molar-refractivity contribution < 1.29 is 129 Å². The monoisotopic (exact) mass is 1220 g/mol. The number of hydrogen-bond acceptors (Lipinski definition) is 26. The second-order valence-corrected chi connectivity index (χ2v) is 28.6. The van der Waals surface area contributed by atoms with Gasteiger partial charge in [0, 0.05) is 5.41 Å². The predicted molar refractivity (Wildman–Crippen MR) is 288 cm³/mol. The number of aliphatic hydroxyl groups excluding tert-OH is 15. The van der Waals surface area contributed by atoms with E-state index >= 15 is 4.79 Å². The highest BCUT2D eigenvalue weighted by Crippen LogP contribution is 2.76. The number of carbonyl (C=O) groups is 1. The van der Waals surface area contributed by atoms with Gasteiger partial charge in [-0.1, -0.05) is 53.2 Å². The fourth-order valence-electron chi connectivity index (χ4n) is 17.7. The van der Waals surface area contributed by atoms with E-state index in [0.29, 0.717) is 44.9 Å². The lowest BCUT2D eigenvalue weighted by atomic mass is 9.33. The molecule has 5 aliphatic heterocycles. The van der Waals surface area contributed by atoms with Gasteiger partial charge in [0.1, 0.15) is 91.6 Å². The minimum atomic E-state index is -1.94. The number of allylic oxidation sites excluding steroid dienone is 2. The molecule has 0 aromatic heterocycles. The van der Waals surface area contributed by atoms with Gasteiger partial charge in [-0.3, -0.25) is 4.79 Å². The highest BCUT2D eigenvalue weighted by atomic mass is 16.8. The van der Waals surface area contributed by atoms with Gasteiger partial charge in [-0.05, 0) is 118 Å². The van der Waals surface area contributed by atoms with E-state index in [-0.39, 0.29) is 41.6 Å². The molecule has 10 rings (SSSR count). The van der Waals surface area contributed by atoms with Gasteiger partial charge in [0.25, 0.3) is 0 Å². The summed E-state index contributed by atoms with van der Waals surface area (Å²) in [7, 11) is 0. The standard InChI is InChI=1S/C59H96O26/c1-23-33(64)37(68)40(71)48(77-23)82-45-34(65)24(2)78-51(43(45)74)81-44-25(3)79-49(42(73)39(44)70)83-46-35(66)29(63)21-76-52(46)85-53(75)59-16-14-54(4,5)18-27(59)26-10-11-32-55(6)19-28(62)47(84-50-41(72)38(69)36(67)30(20-60)80-50)56(7,22-61)31(55)12-13-58(32,9)57(26,8)15-17-59/h10,23-25,27-52,60-74H,11-22H2,1-9H3/t23-,24+,25-,27?,28-,29-,30+,31?,32?,33-,34+,35-,36+,37+,38-,39-,40+,41+,42+,43+,44-,45-,46+,47-,48-,49-,50-,51-,52-,55-,56-,57+,58+,59-/m0/s1. The van der Waals surface area contributed by atoms with Crippen LogP contribution in [0.1, 0.15) is 120 Å². The van der Waals surface area contributed by atoms with E-state index in [1.54, 1.807) is 0 Å². The Morgan fingerprint density at radius 3 is 1.75 bits per heavy atom. The number of hydrogen-bond donors (Lipinski definition) is 15. The van der Waals surface area contributed by atoms with Gasteiger partial charge in [0.2, 0.25) is 6.29 Å². The Kier molecular flexibility index (Phi) is 18.7. The first-order valence-electron chi connectivity index (χ1n) is 30.6. The third kappa shape index (κ3) is 10.9.